The van der Waals surface area contributed by atoms with Crippen molar-refractivity contribution in [3.05, 3.63) is 107 Å². The molecule has 0 radical (unpaired) electrons. The Hall–Kier alpha value is -2.46. The summed E-state index contributed by atoms with van der Waals surface area (Å²) in [5.74, 6) is -0.595. The SMILES string of the molecule is CCOC(=O)C1(c2ccccc2)OP(=O)(OC)C(c2ccccc2)=C1[Se]c1ccccc1. The first-order chi connectivity index (χ1) is 15.5. The van der Waals surface area contributed by atoms with Crippen molar-refractivity contribution in [1.29, 1.82) is 0 Å². The average molecular weight is 513 g/mol. The Bertz CT molecular complexity index is 1160. The second-order valence-electron chi connectivity index (χ2n) is 7.00. The van der Waals surface area contributed by atoms with Gasteiger partial charge in [0, 0.05) is 0 Å². The van der Waals surface area contributed by atoms with Crippen LogP contribution in [0.5, 0.6) is 0 Å². The molecule has 0 N–H and O–H groups in total. The Kier molecular flexibility index (Phi) is 6.80. The zero-order valence-electron chi connectivity index (χ0n) is 17.8. The Morgan fingerprint density at radius 1 is 0.938 bits per heavy atom. The first-order valence-electron chi connectivity index (χ1n) is 10.2. The van der Waals surface area contributed by atoms with Crippen LogP contribution in [0.15, 0.2) is 95.5 Å². The van der Waals surface area contributed by atoms with Gasteiger partial charge in [0.1, 0.15) is 0 Å². The molecule has 0 fully saturated rings. The summed E-state index contributed by atoms with van der Waals surface area (Å²) in [5, 5.41) is 0.432. The molecule has 0 bridgehead atoms. The Labute approximate surface area is 194 Å². The predicted octanol–water partition coefficient (Wildman–Crippen LogP) is 4.71. The van der Waals surface area contributed by atoms with Crippen LogP contribution in [0.1, 0.15) is 18.1 Å². The molecule has 7 heteroatoms. The molecule has 0 amide bonds. The van der Waals surface area contributed by atoms with Gasteiger partial charge in [0.05, 0.1) is 0 Å². The molecule has 0 saturated carbocycles. The second kappa shape index (κ2) is 9.58. The van der Waals surface area contributed by atoms with Crippen molar-refractivity contribution in [3.63, 3.8) is 0 Å². The van der Waals surface area contributed by atoms with Gasteiger partial charge in [-0.1, -0.05) is 0 Å². The average Bonchev–Trinajstić information content (AvgIpc) is 3.11. The molecule has 32 heavy (non-hydrogen) atoms. The van der Waals surface area contributed by atoms with E-state index >= 15 is 0 Å². The molecule has 5 nitrogen and oxygen atoms in total. The quantitative estimate of drug-likeness (QED) is 0.260. The number of benzene rings is 3. The molecule has 2 atom stereocenters. The van der Waals surface area contributed by atoms with E-state index in [4.69, 9.17) is 13.8 Å². The predicted molar refractivity (Wildman–Crippen MR) is 126 cm³/mol. The van der Waals surface area contributed by atoms with E-state index in [9.17, 15) is 9.36 Å². The molecule has 1 heterocycles. The molecule has 2 unspecified atom stereocenters. The summed E-state index contributed by atoms with van der Waals surface area (Å²) in [6.45, 7) is 1.91. The van der Waals surface area contributed by atoms with Crippen molar-refractivity contribution in [3.8, 4) is 0 Å². The number of hydrogen-bond acceptors (Lipinski definition) is 5. The van der Waals surface area contributed by atoms with E-state index in [0.29, 0.717) is 20.9 Å². The summed E-state index contributed by atoms with van der Waals surface area (Å²) in [4.78, 5) is 13.6. The van der Waals surface area contributed by atoms with E-state index in [1.807, 2.05) is 78.9 Å². The van der Waals surface area contributed by atoms with Crippen LogP contribution >= 0.6 is 7.60 Å². The van der Waals surface area contributed by atoms with Crippen LogP contribution in [0.25, 0.3) is 5.31 Å². The number of carbonyl (C=O) groups is 1. The third kappa shape index (κ3) is 4.01. The Balaban J connectivity index is 2.07. The summed E-state index contributed by atoms with van der Waals surface area (Å²) in [6, 6.07) is 28.2. The van der Waals surface area contributed by atoms with Gasteiger partial charge in [-0.05, 0) is 0 Å². The fourth-order valence-corrected chi connectivity index (χ4v) is 8.94. The summed E-state index contributed by atoms with van der Waals surface area (Å²) >= 11 is -0.403. The van der Waals surface area contributed by atoms with Gasteiger partial charge in [0.2, 0.25) is 0 Å². The van der Waals surface area contributed by atoms with Crippen LogP contribution in [-0.4, -0.2) is 34.6 Å². The van der Waals surface area contributed by atoms with Gasteiger partial charge in [0.25, 0.3) is 0 Å². The van der Waals surface area contributed by atoms with Gasteiger partial charge in [-0.3, -0.25) is 0 Å². The van der Waals surface area contributed by atoms with Crippen molar-refractivity contribution in [2.45, 2.75) is 12.5 Å². The summed E-state index contributed by atoms with van der Waals surface area (Å²) in [7, 11) is -2.50. The first kappa shape index (κ1) is 22.7. The molecule has 1 aliphatic rings. The molecule has 0 aromatic heterocycles. The molecule has 164 valence electrons. The van der Waals surface area contributed by atoms with E-state index in [1.165, 1.54) is 7.11 Å². The summed E-state index contributed by atoms with van der Waals surface area (Å²) in [5.41, 5.74) is -0.397. The molecular formula is C25H23O5PSe. The van der Waals surface area contributed by atoms with Crippen molar-refractivity contribution in [2.75, 3.05) is 13.7 Å². The van der Waals surface area contributed by atoms with Crippen molar-refractivity contribution in [2.24, 2.45) is 0 Å². The fraction of sp³-hybridized carbons (Fsp3) is 0.160. The van der Waals surface area contributed by atoms with Crippen LogP contribution in [0, 0.1) is 0 Å². The summed E-state index contributed by atoms with van der Waals surface area (Å²) in [6.07, 6.45) is 0. The molecule has 0 aliphatic carbocycles. The van der Waals surface area contributed by atoms with E-state index in [0.717, 1.165) is 4.46 Å². The van der Waals surface area contributed by atoms with Crippen LogP contribution in [0.3, 0.4) is 0 Å². The van der Waals surface area contributed by atoms with Crippen molar-refractivity contribution < 1.29 is 23.1 Å². The van der Waals surface area contributed by atoms with Crippen molar-refractivity contribution in [1.82, 2.24) is 0 Å². The molecule has 0 saturated heterocycles. The zero-order chi connectivity index (χ0) is 22.6. The number of esters is 1. The number of ether oxygens (including phenoxy) is 1. The van der Waals surface area contributed by atoms with Gasteiger partial charge in [-0.2, -0.15) is 0 Å². The third-order valence-corrected chi connectivity index (χ3v) is 9.95. The normalized spacial score (nSPS) is 22.7. The number of hydrogen-bond donors (Lipinski definition) is 0. The maximum absolute atomic E-state index is 14.1. The van der Waals surface area contributed by atoms with Crippen LogP contribution < -0.4 is 4.46 Å². The van der Waals surface area contributed by atoms with Crippen molar-refractivity contribution >= 4 is 38.3 Å². The number of rotatable bonds is 7. The topological polar surface area (TPSA) is 61.8 Å². The molecule has 0 spiro atoms. The van der Waals surface area contributed by atoms with Crippen LogP contribution in [-0.2, 0) is 28.7 Å². The van der Waals surface area contributed by atoms with Gasteiger partial charge >= 0.3 is 194 Å². The first-order valence-corrected chi connectivity index (χ1v) is 13.4. The monoisotopic (exact) mass is 514 g/mol. The molecule has 3 aromatic rings. The van der Waals surface area contributed by atoms with Gasteiger partial charge in [-0.25, -0.2) is 0 Å². The van der Waals surface area contributed by atoms with E-state index in [-0.39, 0.29) is 6.61 Å². The minimum absolute atomic E-state index is 0.167. The zero-order valence-corrected chi connectivity index (χ0v) is 20.4. The van der Waals surface area contributed by atoms with E-state index in [1.54, 1.807) is 19.1 Å². The Morgan fingerprint density at radius 3 is 2.06 bits per heavy atom. The van der Waals surface area contributed by atoms with Gasteiger partial charge < -0.3 is 0 Å². The fourth-order valence-electron chi connectivity index (χ4n) is 3.64. The molecule has 1 aliphatic heterocycles. The molecule has 3 aromatic carbocycles. The van der Waals surface area contributed by atoms with E-state index < -0.39 is 34.1 Å². The van der Waals surface area contributed by atoms with Gasteiger partial charge in [-0.15, -0.1) is 0 Å². The van der Waals surface area contributed by atoms with Gasteiger partial charge in [0.15, 0.2) is 0 Å². The minimum atomic E-state index is -3.85. The molecular weight excluding hydrogens is 490 g/mol. The third-order valence-electron chi connectivity index (χ3n) is 5.06. The second-order valence-corrected chi connectivity index (χ2v) is 11.3. The van der Waals surface area contributed by atoms with Crippen LogP contribution in [0.2, 0.25) is 0 Å². The van der Waals surface area contributed by atoms with E-state index in [2.05, 4.69) is 0 Å². The number of carbonyl (C=O) groups excluding carboxylic acids is 1. The maximum atomic E-state index is 14.1. The van der Waals surface area contributed by atoms with Crippen LogP contribution in [0.4, 0.5) is 0 Å². The summed E-state index contributed by atoms with van der Waals surface area (Å²) < 4.78 is 33.0. The Morgan fingerprint density at radius 2 is 1.50 bits per heavy atom. The molecule has 4 rings (SSSR count). The standard InChI is InChI=1S/C25H23O5PSe/c1-3-29-24(26)25(20-15-9-5-10-16-20)23(32-21-17-11-6-12-18-21)22(31(27,28-2)30-25)19-13-7-4-8-14-19/h4-18H,3H2,1-2H3.